The van der Waals surface area contributed by atoms with Gasteiger partial charge in [0.15, 0.2) is 5.82 Å². The molecule has 9 nitrogen and oxygen atoms in total. The van der Waals surface area contributed by atoms with Crippen molar-refractivity contribution in [3.05, 3.63) is 65.6 Å². The molecule has 0 aliphatic heterocycles. The summed E-state index contributed by atoms with van der Waals surface area (Å²) in [7, 11) is 1.87. The van der Waals surface area contributed by atoms with E-state index in [1.807, 2.05) is 67.4 Å². The summed E-state index contributed by atoms with van der Waals surface area (Å²) in [4.78, 5) is 22.1. The lowest BCUT2D eigenvalue weighted by Gasteiger charge is -2.22. The average molecular weight is 415 g/mol. The summed E-state index contributed by atoms with van der Waals surface area (Å²) in [5.41, 5.74) is 5.06. The van der Waals surface area contributed by atoms with Crippen molar-refractivity contribution in [3.8, 4) is 22.5 Å². The third kappa shape index (κ3) is 4.11. The van der Waals surface area contributed by atoms with E-state index in [4.69, 9.17) is 0 Å². The topological polar surface area (TPSA) is 121 Å². The van der Waals surface area contributed by atoms with Crippen LogP contribution in [0.2, 0.25) is 0 Å². The maximum absolute atomic E-state index is 11.4. The van der Waals surface area contributed by atoms with Crippen molar-refractivity contribution in [2.75, 3.05) is 11.9 Å². The van der Waals surface area contributed by atoms with Crippen molar-refractivity contribution in [1.82, 2.24) is 30.6 Å². The van der Waals surface area contributed by atoms with E-state index >= 15 is 0 Å². The molecule has 0 saturated heterocycles. The molecule has 0 aliphatic rings. The Morgan fingerprint density at radius 1 is 1.03 bits per heavy atom. The third-order valence-corrected chi connectivity index (χ3v) is 5.04. The first-order chi connectivity index (χ1) is 14.9. The lowest BCUT2D eigenvalue weighted by molar-refractivity contribution is -0.136. The number of carboxylic acids is 1. The van der Waals surface area contributed by atoms with Crippen LogP contribution in [0.3, 0.4) is 0 Å². The van der Waals surface area contributed by atoms with Gasteiger partial charge in [-0.1, -0.05) is 36.4 Å². The van der Waals surface area contributed by atoms with E-state index in [0.29, 0.717) is 28.7 Å². The first-order valence-corrected chi connectivity index (χ1v) is 9.67. The Labute approximate surface area is 178 Å². The highest BCUT2D eigenvalue weighted by Gasteiger charge is 2.18. The molecule has 2 heterocycles. The van der Waals surface area contributed by atoms with E-state index in [0.717, 1.165) is 22.4 Å². The number of nitrogens with zero attached hydrogens (tertiary/aromatic N) is 6. The highest BCUT2D eigenvalue weighted by atomic mass is 16.4. The summed E-state index contributed by atoms with van der Waals surface area (Å²) in [6.07, 6.45) is -0.136. The Bertz CT molecular complexity index is 1220. The fourth-order valence-electron chi connectivity index (χ4n) is 3.55. The van der Waals surface area contributed by atoms with Crippen molar-refractivity contribution < 1.29 is 9.90 Å². The minimum atomic E-state index is -0.918. The minimum absolute atomic E-state index is 0.136. The van der Waals surface area contributed by atoms with Crippen LogP contribution in [0.1, 0.15) is 17.1 Å². The first-order valence-electron chi connectivity index (χ1n) is 9.67. The highest BCUT2D eigenvalue weighted by Crippen LogP contribution is 2.33. The van der Waals surface area contributed by atoms with Crippen molar-refractivity contribution in [2.24, 2.45) is 0 Å². The molecule has 0 atom stereocenters. The van der Waals surface area contributed by atoms with Crippen LogP contribution in [-0.4, -0.2) is 48.7 Å². The van der Waals surface area contributed by atoms with Gasteiger partial charge in [0.25, 0.3) is 0 Å². The van der Waals surface area contributed by atoms with E-state index in [2.05, 4.69) is 30.6 Å². The number of anilines is 2. The summed E-state index contributed by atoms with van der Waals surface area (Å²) >= 11 is 0. The number of H-pyrrole nitrogens is 1. The van der Waals surface area contributed by atoms with E-state index in [-0.39, 0.29) is 6.42 Å². The fraction of sp³-hybridized carbons (Fsp3) is 0.182. The number of rotatable bonds is 6. The van der Waals surface area contributed by atoms with Crippen molar-refractivity contribution in [3.63, 3.8) is 0 Å². The van der Waals surface area contributed by atoms with E-state index in [1.54, 1.807) is 6.92 Å². The van der Waals surface area contributed by atoms with Gasteiger partial charge in [0.1, 0.15) is 11.6 Å². The van der Waals surface area contributed by atoms with Gasteiger partial charge in [-0.3, -0.25) is 4.79 Å². The zero-order chi connectivity index (χ0) is 22.0. The molecule has 4 aromatic rings. The van der Waals surface area contributed by atoms with Gasteiger partial charge in [-0.2, -0.15) is 0 Å². The van der Waals surface area contributed by atoms with Crippen molar-refractivity contribution >= 4 is 17.5 Å². The second kappa shape index (κ2) is 8.31. The van der Waals surface area contributed by atoms with Crippen molar-refractivity contribution in [2.45, 2.75) is 20.3 Å². The molecule has 0 unspecified atom stereocenters. The predicted octanol–water partition coefficient (Wildman–Crippen LogP) is 3.34. The SMILES string of the molecule is Cc1nc(C)c(CC(=O)O)c(N(C)c2ccc(-c3ccccc3-c3nnn[nH]3)cc2)n1. The Kier molecular flexibility index (Phi) is 5.40. The zero-order valence-electron chi connectivity index (χ0n) is 17.4. The quantitative estimate of drug-likeness (QED) is 0.492. The number of hydrogen-bond donors (Lipinski definition) is 2. The lowest BCUT2D eigenvalue weighted by atomic mass is 9.99. The van der Waals surface area contributed by atoms with Crippen LogP contribution in [0.5, 0.6) is 0 Å². The van der Waals surface area contributed by atoms with Gasteiger partial charge in [-0.15, -0.1) is 5.10 Å². The number of hydrogen-bond acceptors (Lipinski definition) is 7. The van der Waals surface area contributed by atoms with E-state index < -0.39 is 5.97 Å². The highest BCUT2D eigenvalue weighted by molar-refractivity contribution is 5.81. The van der Waals surface area contributed by atoms with Crippen LogP contribution in [0.4, 0.5) is 11.5 Å². The number of aromatic nitrogens is 6. The third-order valence-electron chi connectivity index (χ3n) is 5.04. The van der Waals surface area contributed by atoms with Gasteiger partial charge >= 0.3 is 5.97 Å². The second-order valence-corrected chi connectivity index (χ2v) is 7.13. The number of aryl methyl sites for hydroxylation is 2. The number of aliphatic carboxylic acids is 1. The summed E-state index contributed by atoms with van der Waals surface area (Å²) in [5.74, 6) is 0.870. The zero-order valence-corrected chi connectivity index (χ0v) is 17.4. The Hall–Kier alpha value is -4.14. The van der Waals surface area contributed by atoms with Gasteiger partial charge < -0.3 is 10.0 Å². The molecule has 2 aromatic carbocycles. The Morgan fingerprint density at radius 2 is 1.74 bits per heavy atom. The van der Waals surface area contributed by atoms with Crippen LogP contribution < -0.4 is 4.90 Å². The minimum Gasteiger partial charge on any atom is -0.481 e. The lowest BCUT2D eigenvalue weighted by Crippen LogP contribution is -2.18. The molecule has 0 spiro atoms. The number of aromatic amines is 1. The number of carboxylic acid groups (broad SMARTS) is 1. The smallest absolute Gasteiger partial charge is 0.308 e. The first kappa shape index (κ1) is 20.1. The molecule has 0 fully saturated rings. The van der Waals surface area contributed by atoms with Crippen LogP contribution in [0, 0.1) is 13.8 Å². The molecule has 156 valence electrons. The number of tetrazole rings is 1. The maximum atomic E-state index is 11.4. The molecule has 9 heteroatoms. The summed E-state index contributed by atoms with van der Waals surface area (Å²) in [5, 5.41) is 23.5. The van der Waals surface area contributed by atoms with E-state index in [1.165, 1.54) is 0 Å². The van der Waals surface area contributed by atoms with Crippen LogP contribution in [0.15, 0.2) is 48.5 Å². The van der Waals surface area contributed by atoms with Crippen LogP contribution in [0.25, 0.3) is 22.5 Å². The molecule has 0 bridgehead atoms. The fourth-order valence-corrected chi connectivity index (χ4v) is 3.55. The Balaban J connectivity index is 1.70. The van der Waals surface area contributed by atoms with Gasteiger partial charge in [0.05, 0.1) is 6.42 Å². The van der Waals surface area contributed by atoms with Crippen LogP contribution >= 0.6 is 0 Å². The van der Waals surface area contributed by atoms with Gasteiger partial charge in [0, 0.05) is 29.6 Å². The molecule has 2 N–H and O–H groups in total. The molecular weight excluding hydrogens is 394 g/mol. The molecule has 0 aliphatic carbocycles. The summed E-state index contributed by atoms with van der Waals surface area (Å²) in [6, 6.07) is 15.8. The number of carbonyl (C=O) groups is 1. The normalized spacial score (nSPS) is 10.8. The molecular formula is C22H21N7O2. The van der Waals surface area contributed by atoms with Gasteiger partial charge in [0.2, 0.25) is 0 Å². The average Bonchev–Trinajstić information content (AvgIpc) is 3.30. The van der Waals surface area contributed by atoms with Gasteiger partial charge in [-0.05, 0) is 47.5 Å². The molecule has 2 aromatic heterocycles. The number of nitrogens with one attached hydrogen (secondary N) is 1. The maximum Gasteiger partial charge on any atom is 0.308 e. The second-order valence-electron chi connectivity index (χ2n) is 7.13. The summed E-state index contributed by atoms with van der Waals surface area (Å²) < 4.78 is 0. The predicted molar refractivity (Wildman–Crippen MR) is 116 cm³/mol. The molecule has 0 radical (unpaired) electrons. The molecule has 0 amide bonds. The van der Waals surface area contributed by atoms with Gasteiger partial charge in [-0.25, -0.2) is 15.1 Å². The largest absolute Gasteiger partial charge is 0.481 e. The molecule has 4 rings (SSSR count). The summed E-state index contributed by atoms with van der Waals surface area (Å²) in [6.45, 7) is 3.61. The monoisotopic (exact) mass is 415 g/mol. The van der Waals surface area contributed by atoms with E-state index in [9.17, 15) is 9.90 Å². The Morgan fingerprint density at radius 3 is 2.39 bits per heavy atom. The number of benzene rings is 2. The standard InChI is InChI=1S/C22H21N7O2/c1-13-19(12-20(30)31)22(24-14(2)23-13)29(3)16-10-8-15(9-11-16)17-6-4-5-7-18(17)21-25-27-28-26-21/h4-11H,12H2,1-3H3,(H,30,31)(H,25,26,27,28). The van der Waals surface area contributed by atoms with Crippen LogP contribution in [-0.2, 0) is 11.2 Å². The molecule has 31 heavy (non-hydrogen) atoms. The van der Waals surface area contributed by atoms with Crippen molar-refractivity contribution in [1.29, 1.82) is 0 Å². The molecule has 0 saturated carbocycles.